The molecule has 0 saturated heterocycles. The average Bonchev–Trinajstić information content (AvgIpc) is 3.01. The number of nitrogens with one attached hydrogen (secondary N) is 2. The van der Waals surface area contributed by atoms with Crippen LogP contribution in [0.25, 0.3) is 0 Å². The van der Waals surface area contributed by atoms with Crippen molar-refractivity contribution in [1.29, 1.82) is 0 Å². The van der Waals surface area contributed by atoms with Crippen LogP contribution in [0.2, 0.25) is 0 Å². The van der Waals surface area contributed by atoms with Crippen molar-refractivity contribution in [2.24, 2.45) is 0 Å². The van der Waals surface area contributed by atoms with Gasteiger partial charge in [0.05, 0.1) is 28.8 Å². The number of hydrogen-bond donors (Lipinski definition) is 2. The molecule has 0 fully saturated rings. The third-order valence-electron chi connectivity index (χ3n) is 4.47. The van der Waals surface area contributed by atoms with E-state index in [-0.39, 0.29) is 21.7 Å². The molecule has 0 saturated carbocycles. The van der Waals surface area contributed by atoms with Crippen LogP contribution in [0, 0.1) is 13.8 Å². The predicted molar refractivity (Wildman–Crippen MR) is 117 cm³/mol. The Labute approximate surface area is 178 Å². The quantitative estimate of drug-likeness (QED) is 0.555. The minimum Gasteiger partial charge on any atom is -0.465 e. The molecule has 0 bridgehead atoms. The van der Waals surface area contributed by atoms with Gasteiger partial charge in [-0.1, -0.05) is 30.3 Å². The molecule has 0 aliphatic carbocycles. The number of esters is 1. The fourth-order valence-corrected chi connectivity index (χ4v) is 4.95. The molecule has 2 N–H and O–H groups in total. The molecule has 1 amide bonds. The summed E-state index contributed by atoms with van der Waals surface area (Å²) in [5.74, 6) is -1.10. The number of para-hydroxylation sites is 1. The van der Waals surface area contributed by atoms with E-state index in [1.54, 1.807) is 37.3 Å². The Kier molecular flexibility index (Phi) is 6.23. The summed E-state index contributed by atoms with van der Waals surface area (Å²) in [7, 11) is -2.60. The van der Waals surface area contributed by atoms with Gasteiger partial charge < -0.3 is 10.1 Å². The number of amides is 1. The molecular weight excluding hydrogens is 424 g/mol. The maximum atomic E-state index is 12.9. The second-order valence-corrected chi connectivity index (χ2v) is 9.30. The van der Waals surface area contributed by atoms with E-state index in [0.29, 0.717) is 5.00 Å². The molecule has 0 radical (unpaired) electrons. The van der Waals surface area contributed by atoms with E-state index >= 15 is 0 Å². The van der Waals surface area contributed by atoms with Crippen molar-refractivity contribution in [3.63, 3.8) is 0 Å². The van der Waals surface area contributed by atoms with Crippen molar-refractivity contribution in [1.82, 2.24) is 0 Å². The first kappa shape index (κ1) is 21.5. The van der Waals surface area contributed by atoms with Crippen molar-refractivity contribution in [2.75, 3.05) is 17.1 Å². The monoisotopic (exact) mass is 444 g/mol. The molecule has 0 atom stereocenters. The minimum atomic E-state index is -3.87. The van der Waals surface area contributed by atoms with Crippen molar-refractivity contribution in [3.8, 4) is 0 Å². The van der Waals surface area contributed by atoms with Crippen molar-refractivity contribution in [2.45, 2.75) is 18.7 Å². The predicted octanol–water partition coefficient (Wildman–Crippen LogP) is 4.20. The fourth-order valence-electron chi connectivity index (χ4n) is 2.81. The lowest BCUT2D eigenvalue weighted by Gasteiger charge is -2.13. The highest BCUT2D eigenvalue weighted by Gasteiger charge is 2.24. The SMILES string of the molecule is COC(=O)c1c(NC(=O)c2ccccc2NS(=O)(=O)c2ccccc2)sc(C)c1C. The molecule has 3 rings (SSSR count). The van der Waals surface area contributed by atoms with Gasteiger partial charge in [-0.15, -0.1) is 11.3 Å². The number of carbonyl (C=O) groups is 2. The van der Waals surface area contributed by atoms with Gasteiger partial charge in [-0.3, -0.25) is 9.52 Å². The lowest BCUT2D eigenvalue weighted by atomic mass is 10.1. The van der Waals surface area contributed by atoms with Gasteiger partial charge in [-0.05, 0) is 43.7 Å². The van der Waals surface area contributed by atoms with Crippen LogP contribution in [0.4, 0.5) is 10.7 Å². The maximum Gasteiger partial charge on any atom is 0.341 e. The van der Waals surface area contributed by atoms with Gasteiger partial charge in [-0.2, -0.15) is 0 Å². The molecule has 9 heteroatoms. The standard InChI is InChI=1S/C21H20N2O5S2/c1-13-14(2)29-20(18(13)21(25)28-3)22-19(24)16-11-7-8-12-17(16)23-30(26,27)15-9-5-4-6-10-15/h4-12,23H,1-3H3,(H,22,24). The number of rotatable bonds is 6. The zero-order valence-electron chi connectivity index (χ0n) is 16.6. The number of aryl methyl sites for hydroxylation is 1. The van der Waals surface area contributed by atoms with Gasteiger partial charge in [0, 0.05) is 4.88 Å². The summed E-state index contributed by atoms with van der Waals surface area (Å²) in [4.78, 5) is 26.0. The molecule has 1 aromatic heterocycles. The van der Waals surface area contributed by atoms with Crippen LogP contribution in [0.5, 0.6) is 0 Å². The molecule has 2 aromatic carbocycles. The Morgan fingerprint density at radius 3 is 2.27 bits per heavy atom. The van der Waals surface area contributed by atoms with E-state index < -0.39 is 21.9 Å². The van der Waals surface area contributed by atoms with Crippen LogP contribution in [0.3, 0.4) is 0 Å². The fraction of sp³-hybridized carbons (Fsp3) is 0.143. The van der Waals surface area contributed by atoms with Crippen LogP contribution < -0.4 is 10.0 Å². The first-order valence-electron chi connectivity index (χ1n) is 8.91. The molecular formula is C21H20N2O5S2. The molecule has 0 aliphatic heterocycles. The number of hydrogen-bond acceptors (Lipinski definition) is 6. The summed E-state index contributed by atoms with van der Waals surface area (Å²) in [5, 5.41) is 3.06. The molecule has 0 spiro atoms. The zero-order chi connectivity index (χ0) is 21.9. The molecule has 30 heavy (non-hydrogen) atoms. The van der Waals surface area contributed by atoms with Crippen LogP contribution in [0.1, 0.15) is 31.2 Å². The van der Waals surface area contributed by atoms with Gasteiger partial charge in [0.2, 0.25) is 0 Å². The third-order valence-corrected chi connectivity index (χ3v) is 6.98. The number of anilines is 2. The second kappa shape index (κ2) is 8.68. The smallest absolute Gasteiger partial charge is 0.341 e. The summed E-state index contributed by atoms with van der Waals surface area (Å²) in [6.07, 6.45) is 0. The second-order valence-electron chi connectivity index (χ2n) is 6.40. The Hall–Kier alpha value is -3.17. The summed E-state index contributed by atoms with van der Waals surface area (Å²) >= 11 is 1.25. The van der Waals surface area contributed by atoms with Crippen molar-refractivity contribution >= 4 is 43.9 Å². The molecule has 7 nitrogen and oxygen atoms in total. The van der Waals surface area contributed by atoms with Gasteiger partial charge in [0.1, 0.15) is 5.00 Å². The van der Waals surface area contributed by atoms with Crippen LogP contribution in [-0.4, -0.2) is 27.4 Å². The minimum absolute atomic E-state index is 0.0812. The molecule has 3 aromatic rings. The highest BCUT2D eigenvalue weighted by molar-refractivity contribution is 7.92. The summed E-state index contributed by atoms with van der Waals surface area (Å²) in [6, 6.07) is 14.1. The van der Waals surface area contributed by atoms with E-state index in [2.05, 4.69) is 10.0 Å². The molecule has 0 aliphatic rings. The largest absolute Gasteiger partial charge is 0.465 e. The first-order valence-corrected chi connectivity index (χ1v) is 11.2. The highest BCUT2D eigenvalue weighted by atomic mass is 32.2. The maximum absolute atomic E-state index is 12.9. The van der Waals surface area contributed by atoms with Gasteiger partial charge in [0.25, 0.3) is 15.9 Å². The summed E-state index contributed by atoms with van der Waals surface area (Å²) < 4.78 is 32.6. The molecule has 156 valence electrons. The lowest BCUT2D eigenvalue weighted by molar-refractivity contribution is 0.0601. The average molecular weight is 445 g/mol. The van der Waals surface area contributed by atoms with Gasteiger partial charge >= 0.3 is 5.97 Å². The van der Waals surface area contributed by atoms with E-state index in [4.69, 9.17) is 4.74 Å². The van der Waals surface area contributed by atoms with Crippen molar-refractivity contribution in [3.05, 3.63) is 76.2 Å². The molecule has 0 unspecified atom stereocenters. The van der Waals surface area contributed by atoms with Crippen LogP contribution in [-0.2, 0) is 14.8 Å². The number of thiophene rings is 1. The zero-order valence-corrected chi connectivity index (χ0v) is 18.2. The normalized spacial score (nSPS) is 11.0. The summed E-state index contributed by atoms with van der Waals surface area (Å²) in [5.41, 5.74) is 1.26. The Bertz CT molecular complexity index is 1200. The number of ether oxygens (including phenoxy) is 1. The number of sulfonamides is 1. The van der Waals surface area contributed by atoms with E-state index in [1.807, 2.05) is 6.92 Å². The van der Waals surface area contributed by atoms with Gasteiger partial charge in [-0.25, -0.2) is 13.2 Å². The summed E-state index contributed by atoms with van der Waals surface area (Å²) in [6.45, 7) is 3.61. The lowest BCUT2D eigenvalue weighted by Crippen LogP contribution is -2.19. The van der Waals surface area contributed by atoms with E-state index in [0.717, 1.165) is 10.4 Å². The first-order chi connectivity index (χ1) is 14.2. The van der Waals surface area contributed by atoms with E-state index in [1.165, 1.54) is 42.7 Å². The van der Waals surface area contributed by atoms with Crippen LogP contribution in [0.15, 0.2) is 59.5 Å². The van der Waals surface area contributed by atoms with Crippen molar-refractivity contribution < 1.29 is 22.7 Å². The number of methoxy groups -OCH3 is 1. The Morgan fingerprint density at radius 1 is 0.967 bits per heavy atom. The number of carbonyl (C=O) groups excluding carboxylic acids is 2. The third kappa shape index (κ3) is 4.37. The van der Waals surface area contributed by atoms with Crippen LogP contribution >= 0.6 is 11.3 Å². The Balaban J connectivity index is 1.93. The topological polar surface area (TPSA) is 102 Å². The molecule has 1 heterocycles. The van der Waals surface area contributed by atoms with Gasteiger partial charge in [0.15, 0.2) is 0 Å². The Morgan fingerprint density at radius 2 is 1.60 bits per heavy atom. The highest BCUT2D eigenvalue weighted by Crippen LogP contribution is 2.33. The van der Waals surface area contributed by atoms with E-state index in [9.17, 15) is 18.0 Å². The number of benzene rings is 2.